The molecule has 354 valence electrons. The van der Waals surface area contributed by atoms with E-state index in [2.05, 4.69) is 138 Å². The minimum atomic E-state index is -10.7. The largest absolute Gasteiger partial charge is 1.00 e. The quantitative estimate of drug-likeness (QED) is 0.0569. The molecule has 0 atom stereocenters. The van der Waals surface area contributed by atoms with Crippen LogP contribution in [0.15, 0.2) is 158 Å². The minimum Gasteiger partial charge on any atom is 1.00 e. The molecule has 10 rings (SSSR count). The van der Waals surface area contributed by atoms with Crippen LogP contribution in [0.4, 0.5) is 25.2 Å². The van der Waals surface area contributed by atoms with Crippen LogP contribution in [0.3, 0.4) is 0 Å². The van der Waals surface area contributed by atoms with Crippen molar-refractivity contribution in [1.29, 1.82) is 0 Å². The molecule has 0 saturated carbocycles. The molecule has 0 amide bonds. The molecule has 0 aliphatic carbocycles. The first-order valence-corrected chi connectivity index (χ1v) is 23.9. The predicted octanol–water partition coefficient (Wildman–Crippen LogP) is 16.9. The van der Waals surface area contributed by atoms with Gasteiger partial charge in [-0.25, -0.2) is 19.9 Å². The van der Waals surface area contributed by atoms with Crippen LogP contribution < -0.4 is 0 Å². The van der Waals surface area contributed by atoms with Crippen LogP contribution >= 0.6 is 7.81 Å². The van der Waals surface area contributed by atoms with E-state index in [9.17, 15) is 25.2 Å². The standard InChI is InChI=1S/C30H28N2.C28H16N2.Cu.F6P/c1-17-13-19(3)27(20(4)14-17)25-11-9-23-7-8-24-10-12-26(32-30(24)29(23)31-25)28-21(5)15-18(2)16-22(28)6;1-3-7-21(8-4-1)11-17-25-19-15-23-13-14-24-16-20-26(30-28(24)27(23)29-25)18-12-22-9-5-2-6-10-22;;1-7(2,3,4,5)6/h7-16H,1-6H3;1-10,13-16,19-20H;;/q;;+1;-1. The van der Waals surface area contributed by atoms with Gasteiger partial charge in [-0.2, -0.15) is 0 Å². The van der Waals surface area contributed by atoms with Crippen LogP contribution in [-0.4, -0.2) is 19.9 Å². The van der Waals surface area contributed by atoms with Crippen LogP contribution in [0, 0.1) is 65.2 Å². The van der Waals surface area contributed by atoms with Gasteiger partial charge in [-0.3, -0.25) is 0 Å². The van der Waals surface area contributed by atoms with E-state index in [-0.39, 0.29) is 17.1 Å². The number of benzene rings is 6. The van der Waals surface area contributed by atoms with Crippen LogP contribution in [0.5, 0.6) is 0 Å². The van der Waals surface area contributed by atoms with E-state index in [1.165, 1.54) is 44.5 Å². The Hall–Kier alpha value is -7.39. The zero-order valence-corrected chi connectivity index (χ0v) is 40.7. The van der Waals surface area contributed by atoms with Gasteiger partial charge in [0, 0.05) is 43.8 Å². The predicted molar refractivity (Wildman–Crippen MR) is 272 cm³/mol. The number of fused-ring (bicyclic) bond motifs is 6. The molecule has 4 heterocycles. The minimum absolute atomic E-state index is 0. The average molecular weight is 1010 g/mol. The third-order valence-electron chi connectivity index (χ3n) is 11.1. The van der Waals surface area contributed by atoms with Crippen molar-refractivity contribution >= 4 is 51.4 Å². The summed E-state index contributed by atoms with van der Waals surface area (Å²) in [6.07, 6.45) is 0. The molecule has 10 aromatic rings. The molecule has 0 N–H and O–H groups in total. The molecule has 0 aliphatic heterocycles. The van der Waals surface area contributed by atoms with Gasteiger partial charge >= 0.3 is 50.1 Å². The Morgan fingerprint density at radius 3 is 0.929 bits per heavy atom. The number of aromatic nitrogens is 4. The van der Waals surface area contributed by atoms with Gasteiger partial charge < -0.3 is 0 Å². The van der Waals surface area contributed by atoms with Crippen molar-refractivity contribution in [3.63, 3.8) is 0 Å². The molecule has 4 nitrogen and oxygen atoms in total. The SMILES string of the molecule is C(#Cc1ccc2ccc3ccc(C#Cc4ccccc4)nc3c2n1)c1ccccc1.Cc1cc(C)c(-c2ccc3ccc4ccc(-c5c(C)cc(C)cc5C)nc4c3n2)c(C)c1.F[P-](F)(F)(F)(F)F.[Cu+]. The second-order valence-corrected chi connectivity index (χ2v) is 18.9. The average Bonchev–Trinajstić information content (AvgIpc) is 3.29. The van der Waals surface area contributed by atoms with Crippen molar-refractivity contribution in [1.82, 2.24) is 19.9 Å². The summed E-state index contributed by atoms with van der Waals surface area (Å²) < 4.78 is 59.2. The van der Waals surface area contributed by atoms with E-state index in [4.69, 9.17) is 19.9 Å². The monoisotopic (exact) mass is 1000 g/mol. The molecule has 0 bridgehead atoms. The molecule has 12 heteroatoms. The summed E-state index contributed by atoms with van der Waals surface area (Å²) in [6.45, 7) is 13.0. The van der Waals surface area contributed by atoms with E-state index >= 15 is 0 Å². The molecule has 0 radical (unpaired) electrons. The Morgan fingerprint density at radius 2 is 0.614 bits per heavy atom. The van der Waals surface area contributed by atoms with Crippen molar-refractivity contribution in [3.05, 3.63) is 214 Å². The summed E-state index contributed by atoms with van der Waals surface area (Å²) in [6, 6.07) is 53.8. The van der Waals surface area contributed by atoms with E-state index < -0.39 is 7.81 Å². The summed E-state index contributed by atoms with van der Waals surface area (Å²) in [5.41, 5.74) is 19.0. The van der Waals surface area contributed by atoms with Gasteiger partial charge in [-0.1, -0.05) is 120 Å². The number of hydrogen-bond acceptors (Lipinski definition) is 4. The van der Waals surface area contributed by atoms with E-state index in [1.807, 2.05) is 84.9 Å². The third kappa shape index (κ3) is 13.0. The molecule has 0 spiro atoms. The van der Waals surface area contributed by atoms with Gasteiger partial charge in [-0.15, -0.1) is 0 Å². The molecular weight excluding hydrogens is 961 g/mol. The molecule has 0 fully saturated rings. The number of nitrogens with zero attached hydrogens (tertiary/aromatic N) is 4. The fourth-order valence-corrected chi connectivity index (χ4v) is 8.44. The Kier molecular flexibility index (Phi) is 14.1. The molecule has 4 aromatic heterocycles. The van der Waals surface area contributed by atoms with Gasteiger partial charge in [0.2, 0.25) is 0 Å². The summed E-state index contributed by atoms with van der Waals surface area (Å²) in [7, 11) is -10.7. The van der Waals surface area contributed by atoms with E-state index in [0.29, 0.717) is 0 Å². The van der Waals surface area contributed by atoms with E-state index in [1.54, 1.807) is 0 Å². The summed E-state index contributed by atoms with van der Waals surface area (Å²) >= 11 is 0. The zero-order chi connectivity index (χ0) is 49.2. The maximum atomic E-state index is 9.87. The maximum absolute atomic E-state index is 10.7. The number of pyridine rings is 4. The van der Waals surface area contributed by atoms with Gasteiger partial charge in [0.1, 0.15) is 11.4 Å². The van der Waals surface area contributed by atoms with Crippen LogP contribution in [0.1, 0.15) is 55.9 Å². The summed E-state index contributed by atoms with van der Waals surface area (Å²) in [4.78, 5) is 19.9. The van der Waals surface area contributed by atoms with Crippen molar-refractivity contribution in [3.8, 4) is 46.2 Å². The second kappa shape index (κ2) is 19.5. The van der Waals surface area contributed by atoms with Gasteiger partial charge in [-0.05, 0) is 136 Å². The van der Waals surface area contributed by atoms with Crippen LogP contribution in [-0.2, 0) is 17.1 Å². The summed E-state index contributed by atoms with van der Waals surface area (Å²) in [5.74, 6) is 12.7. The summed E-state index contributed by atoms with van der Waals surface area (Å²) in [5, 5.41) is 4.30. The first-order valence-electron chi connectivity index (χ1n) is 21.9. The zero-order valence-electron chi connectivity index (χ0n) is 38.8. The smallest absolute Gasteiger partial charge is 1.00 e. The molecule has 70 heavy (non-hydrogen) atoms. The van der Waals surface area contributed by atoms with Crippen LogP contribution in [0.25, 0.3) is 66.1 Å². The molecule has 0 unspecified atom stereocenters. The van der Waals surface area contributed by atoms with Crippen molar-refractivity contribution in [2.45, 2.75) is 41.5 Å². The van der Waals surface area contributed by atoms with Gasteiger partial charge in [0.25, 0.3) is 0 Å². The Morgan fingerprint density at radius 1 is 0.343 bits per heavy atom. The first-order chi connectivity index (χ1) is 32.6. The van der Waals surface area contributed by atoms with Crippen molar-refractivity contribution in [2.75, 3.05) is 0 Å². The normalized spacial score (nSPS) is 11.9. The van der Waals surface area contributed by atoms with E-state index in [0.717, 1.165) is 77.5 Å². The Bertz CT molecular complexity index is 3460. The Balaban J connectivity index is 0.000000180. The van der Waals surface area contributed by atoms with Crippen molar-refractivity contribution in [2.24, 2.45) is 0 Å². The molecular formula is C58H44CuF6N4P. The number of hydrogen-bond donors (Lipinski definition) is 0. The van der Waals surface area contributed by atoms with Gasteiger partial charge in [0.15, 0.2) is 0 Å². The first kappa shape index (κ1) is 50.5. The topological polar surface area (TPSA) is 51.6 Å². The number of aryl methyl sites for hydroxylation is 6. The van der Waals surface area contributed by atoms with Crippen LogP contribution in [0.2, 0.25) is 0 Å². The molecule has 6 aromatic carbocycles. The fourth-order valence-electron chi connectivity index (χ4n) is 8.44. The third-order valence-corrected chi connectivity index (χ3v) is 11.1. The maximum Gasteiger partial charge on any atom is 1.00 e. The number of halogens is 6. The Labute approximate surface area is 413 Å². The molecule has 0 aliphatic rings. The fraction of sp³-hybridized carbons (Fsp3) is 0.103. The second-order valence-electron chi connectivity index (χ2n) is 16.9. The molecule has 0 saturated heterocycles. The van der Waals surface area contributed by atoms with Gasteiger partial charge in [0.05, 0.1) is 33.5 Å². The van der Waals surface area contributed by atoms with Crippen molar-refractivity contribution < 1.29 is 42.3 Å². The number of rotatable bonds is 2.